The van der Waals surface area contributed by atoms with Gasteiger partial charge in [0, 0.05) is 12.6 Å². The molecule has 0 aliphatic heterocycles. The van der Waals surface area contributed by atoms with Gasteiger partial charge in [0.1, 0.15) is 5.75 Å². The molecule has 3 aromatic rings. The van der Waals surface area contributed by atoms with Crippen LogP contribution >= 0.6 is 0 Å². The van der Waals surface area contributed by atoms with E-state index in [1.165, 1.54) is 29.5 Å². The molecule has 3 rings (SSSR count). The maximum absolute atomic E-state index is 5.26. The monoisotopic (exact) mass is 387 g/mol. The molecule has 2 unspecified atom stereocenters. The number of ether oxygens (including phenoxy) is 1. The highest BCUT2D eigenvalue weighted by Gasteiger charge is 2.13. The van der Waals surface area contributed by atoms with Crippen LogP contribution in [0.2, 0.25) is 0 Å². The smallest absolute Gasteiger partial charge is 0.118 e. The fourth-order valence-electron chi connectivity index (χ4n) is 3.84. The van der Waals surface area contributed by atoms with E-state index in [-0.39, 0.29) is 0 Å². The van der Waals surface area contributed by atoms with Gasteiger partial charge in [0.25, 0.3) is 0 Å². The van der Waals surface area contributed by atoms with Crippen molar-refractivity contribution >= 4 is 0 Å². The molecule has 29 heavy (non-hydrogen) atoms. The van der Waals surface area contributed by atoms with E-state index in [1.54, 1.807) is 7.11 Å². The van der Waals surface area contributed by atoms with Crippen LogP contribution in [0.25, 0.3) is 0 Å². The number of rotatable bonds is 11. The van der Waals surface area contributed by atoms with Crippen LogP contribution in [0.15, 0.2) is 84.9 Å². The summed E-state index contributed by atoms with van der Waals surface area (Å²) in [5.74, 6) is 1.45. The summed E-state index contributed by atoms with van der Waals surface area (Å²) in [4.78, 5) is 0. The molecule has 0 saturated carbocycles. The summed E-state index contributed by atoms with van der Waals surface area (Å²) in [6.45, 7) is 3.28. The number of aryl methyl sites for hydroxylation is 1. The number of benzene rings is 3. The summed E-state index contributed by atoms with van der Waals surface area (Å²) in [6.07, 6.45) is 4.57. The van der Waals surface area contributed by atoms with Gasteiger partial charge in [0.2, 0.25) is 0 Å². The SMILES string of the molecule is COc1ccc(CC(C)NCC(CCCc2ccccc2)c2ccccc2)cc1. The summed E-state index contributed by atoms with van der Waals surface area (Å²) < 4.78 is 5.26. The van der Waals surface area contributed by atoms with Gasteiger partial charge in [-0.2, -0.15) is 0 Å². The third-order valence-electron chi connectivity index (χ3n) is 5.55. The molecule has 2 atom stereocenters. The fraction of sp³-hybridized carbons (Fsp3) is 0.333. The summed E-state index contributed by atoms with van der Waals surface area (Å²) in [7, 11) is 1.71. The van der Waals surface area contributed by atoms with Crippen molar-refractivity contribution in [2.75, 3.05) is 13.7 Å². The van der Waals surface area contributed by atoms with E-state index in [1.807, 2.05) is 12.1 Å². The van der Waals surface area contributed by atoms with Gasteiger partial charge < -0.3 is 10.1 Å². The van der Waals surface area contributed by atoms with E-state index in [0.717, 1.165) is 25.1 Å². The van der Waals surface area contributed by atoms with Gasteiger partial charge in [-0.15, -0.1) is 0 Å². The molecule has 2 nitrogen and oxygen atoms in total. The molecule has 1 N–H and O–H groups in total. The maximum atomic E-state index is 5.26. The zero-order valence-electron chi connectivity index (χ0n) is 17.7. The Morgan fingerprint density at radius 3 is 2.10 bits per heavy atom. The second kappa shape index (κ2) is 11.4. The Morgan fingerprint density at radius 2 is 1.45 bits per heavy atom. The predicted octanol–water partition coefficient (Wildman–Crippen LogP) is 6.02. The number of methoxy groups -OCH3 is 1. The molecule has 0 saturated heterocycles. The lowest BCUT2D eigenvalue weighted by atomic mass is 9.92. The first kappa shape index (κ1) is 21.1. The zero-order chi connectivity index (χ0) is 20.3. The number of hydrogen-bond donors (Lipinski definition) is 1. The minimum Gasteiger partial charge on any atom is -0.497 e. The zero-order valence-corrected chi connectivity index (χ0v) is 17.7. The van der Waals surface area contributed by atoms with E-state index in [2.05, 4.69) is 85.0 Å². The van der Waals surface area contributed by atoms with Crippen LogP contribution in [-0.4, -0.2) is 19.7 Å². The summed E-state index contributed by atoms with van der Waals surface area (Å²) in [5.41, 5.74) is 4.20. The first-order chi connectivity index (χ1) is 14.2. The Balaban J connectivity index is 1.53. The van der Waals surface area contributed by atoms with Gasteiger partial charge in [-0.05, 0) is 67.3 Å². The molecule has 0 radical (unpaired) electrons. The molecular formula is C27H33NO. The molecule has 0 fully saturated rings. The van der Waals surface area contributed by atoms with Crippen LogP contribution in [0, 0.1) is 0 Å². The lowest BCUT2D eigenvalue weighted by molar-refractivity contribution is 0.414. The molecule has 152 valence electrons. The molecular weight excluding hydrogens is 354 g/mol. The fourth-order valence-corrected chi connectivity index (χ4v) is 3.84. The van der Waals surface area contributed by atoms with Crippen LogP contribution in [0.5, 0.6) is 5.75 Å². The van der Waals surface area contributed by atoms with Gasteiger partial charge >= 0.3 is 0 Å². The van der Waals surface area contributed by atoms with Gasteiger partial charge in [-0.1, -0.05) is 72.8 Å². The Bertz CT molecular complexity index is 814. The van der Waals surface area contributed by atoms with Crippen molar-refractivity contribution in [1.29, 1.82) is 0 Å². The van der Waals surface area contributed by atoms with Gasteiger partial charge in [-0.3, -0.25) is 0 Å². The normalized spacial score (nSPS) is 13.0. The molecule has 0 aromatic heterocycles. The standard InChI is InChI=1S/C27H33NO/c1-22(20-24-16-18-27(29-2)19-17-24)28-21-26(25-13-7-4-8-14-25)15-9-12-23-10-5-3-6-11-23/h3-8,10-11,13-14,16-19,22,26,28H,9,12,15,20-21H2,1-2H3. The largest absolute Gasteiger partial charge is 0.497 e. The highest BCUT2D eigenvalue weighted by atomic mass is 16.5. The first-order valence-electron chi connectivity index (χ1n) is 10.7. The van der Waals surface area contributed by atoms with Crippen LogP contribution in [0.4, 0.5) is 0 Å². The Labute approximate surface area is 175 Å². The predicted molar refractivity (Wildman–Crippen MR) is 123 cm³/mol. The highest BCUT2D eigenvalue weighted by Crippen LogP contribution is 2.22. The van der Waals surface area contributed by atoms with Crippen LogP contribution < -0.4 is 10.1 Å². The quantitative estimate of drug-likeness (QED) is 0.434. The minimum atomic E-state index is 0.434. The summed E-state index contributed by atoms with van der Waals surface area (Å²) >= 11 is 0. The Morgan fingerprint density at radius 1 is 0.793 bits per heavy atom. The highest BCUT2D eigenvalue weighted by molar-refractivity contribution is 5.27. The third-order valence-corrected chi connectivity index (χ3v) is 5.55. The van der Waals surface area contributed by atoms with E-state index >= 15 is 0 Å². The van der Waals surface area contributed by atoms with E-state index < -0.39 is 0 Å². The summed E-state index contributed by atoms with van der Waals surface area (Å²) in [6, 6.07) is 30.6. The second-order valence-corrected chi connectivity index (χ2v) is 7.85. The maximum Gasteiger partial charge on any atom is 0.118 e. The van der Waals surface area contributed by atoms with E-state index in [0.29, 0.717) is 12.0 Å². The van der Waals surface area contributed by atoms with E-state index in [4.69, 9.17) is 4.74 Å². The van der Waals surface area contributed by atoms with Crippen molar-refractivity contribution in [3.05, 3.63) is 102 Å². The van der Waals surface area contributed by atoms with E-state index in [9.17, 15) is 0 Å². The van der Waals surface area contributed by atoms with Gasteiger partial charge in [0.05, 0.1) is 7.11 Å². The molecule has 0 aliphatic carbocycles. The van der Waals surface area contributed by atoms with Crippen LogP contribution in [0.3, 0.4) is 0 Å². The van der Waals surface area contributed by atoms with Crippen molar-refractivity contribution in [3.63, 3.8) is 0 Å². The number of hydrogen-bond acceptors (Lipinski definition) is 2. The molecule has 0 amide bonds. The Hall–Kier alpha value is -2.58. The Kier molecular flexibility index (Phi) is 8.33. The molecule has 2 heteroatoms. The number of nitrogens with one attached hydrogen (secondary N) is 1. The average molecular weight is 388 g/mol. The van der Waals surface area contributed by atoms with Crippen molar-refractivity contribution in [3.8, 4) is 5.75 Å². The molecule has 0 bridgehead atoms. The second-order valence-electron chi connectivity index (χ2n) is 7.85. The van der Waals surface area contributed by atoms with Gasteiger partial charge in [0.15, 0.2) is 0 Å². The average Bonchev–Trinajstić information content (AvgIpc) is 2.78. The van der Waals surface area contributed by atoms with Crippen LogP contribution in [-0.2, 0) is 12.8 Å². The third kappa shape index (κ3) is 7.07. The first-order valence-corrected chi connectivity index (χ1v) is 10.7. The van der Waals surface area contributed by atoms with Gasteiger partial charge in [-0.25, -0.2) is 0 Å². The van der Waals surface area contributed by atoms with Crippen LogP contribution in [0.1, 0.15) is 42.4 Å². The lowest BCUT2D eigenvalue weighted by Gasteiger charge is -2.22. The molecule has 0 heterocycles. The topological polar surface area (TPSA) is 21.3 Å². The van der Waals surface area contributed by atoms with Crippen molar-refractivity contribution in [2.24, 2.45) is 0 Å². The lowest BCUT2D eigenvalue weighted by Crippen LogP contribution is -2.32. The molecule has 3 aromatic carbocycles. The van der Waals surface area contributed by atoms with Crippen molar-refractivity contribution in [1.82, 2.24) is 5.32 Å². The van der Waals surface area contributed by atoms with Crippen molar-refractivity contribution < 1.29 is 4.74 Å². The molecule has 0 aliphatic rings. The summed E-state index contributed by atoms with van der Waals surface area (Å²) in [5, 5.41) is 3.78. The van der Waals surface area contributed by atoms with Crippen molar-refractivity contribution in [2.45, 2.75) is 44.6 Å². The molecule has 0 spiro atoms. The minimum absolute atomic E-state index is 0.434.